The minimum absolute atomic E-state index is 0.00939. The molecule has 308 valence electrons. The molecule has 60 heavy (non-hydrogen) atoms. The maximum absolute atomic E-state index is 13.1. The number of carbonyl (C=O) groups excluding carboxylic acids is 5. The largest absolute Gasteiger partial charge is 0.504 e. The summed E-state index contributed by atoms with van der Waals surface area (Å²) in [6.07, 6.45) is 1.60. The smallest absolute Gasteiger partial charge is 0.339 e. The van der Waals surface area contributed by atoms with Gasteiger partial charge in [-0.15, -0.1) is 0 Å². The zero-order chi connectivity index (χ0) is 43.5. The molecule has 0 bridgehead atoms. The minimum atomic E-state index is -1.42. The van der Waals surface area contributed by atoms with Crippen LogP contribution in [0.25, 0.3) is 6.08 Å². The molecule has 5 aromatic rings. The number of anilines is 4. The fourth-order valence-corrected chi connectivity index (χ4v) is 5.61. The second-order valence-corrected chi connectivity index (χ2v) is 12.7. The molecule has 0 unspecified atom stereocenters. The molecule has 17 nitrogen and oxygen atoms in total. The number of aromatic hydroxyl groups is 2. The summed E-state index contributed by atoms with van der Waals surface area (Å²) in [4.78, 5) is 76.1. The first kappa shape index (κ1) is 42.8. The molecular formula is C43H39N5O12. The van der Waals surface area contributed by atoms with E-state index in [1.165, 1.54) is 95.0 Å². The Bertz CT molecular complexity index is 2470. The summed E-state index contributed by atoms with van der Waals surface area (Å²) in [7, 11) is 3.76. The number of rotatable bonds is 15. The fraction of sp³-hybridized carbons (Fsp3) is 0.116. The normalized spacial score (nSPS) is 11.3. The van der Waals surface area contributed by atoms with Gasteiger partial charge in [-0.05, 0) is 91.4 Å². The second-order valence-electron chi connectivity index (χ2n) is 12.7. The van der Waals surface area contributed by atoms with Gasteiger partial charge in [0.05, 0.1) is 38.3 Å². The van der Waals surface area contributed by atoms with Gasteiger partial charge in [0.2, 0.25) is 5.91 Å². The van der Waals surface area contributed by atoms with Crippen molar-refractivity contribution in [2.45, 2.75) is 13.0 Å². The van der Waals surface area contributed by atoms with Crippen LogP contribution in [0.3, 0.4) is 0 Å². The molecule has 0 aromatic heterocycles. The van der Waals surface area contributed by atoms with Gasteiger partial charge in [-0.2, -0.15) is 0 Å². The van der Waals surface area contributed by atoms with Crippen LogP contribution in [-0.4, -0.2) is 78.2 Å². The molecular weight excluding hydrogens is 778 g/mol. The van der Waals surface area contributed by atoms with Gasteiger partial charge in [-0.25, -0.2) is 4.79 Å². The molecule has 5 aromatic carbocycles. The van der Waals surface area contributed by atoms with Crippen LogP contribution in [0, 0.1) is 0 Å². The third-order valence-electron chi connectivity index (χ3n) is 8.74. The molecule has 17 heteroatoms. The van der Waals surface area contributed by atoms with E-state index in [0.717, 1.165) is 11.6 Å². The molecule has 0 fully saturated rings. The number of methoxy groups -OCH3 is 3. The molecule has 8 N–H and O–H groups in total. The number of nitrogens with one attached hydrogen (secondary N) is 5. The molecule has 1 atom stereocenters. The van der Waals surface area contributed by atoms with Crippen LogP contribution in [0.1, 0.15) is 53.9 Å². The average Bonchev–Trinajstić information content (AvgIpc) is 3.23. The first-order chi connectivity index (χ1) is 28.7. The summed E-state index contributed by atoms with van der Waals surface area (Å²) < 4.78 is 15.6. The van der Waals surface area contributed by atoms with E-state index >= 15 is 0 Å². The standard InChI is InChI=1S/C43H39N5O12/c1-23(44-39(52)25-10-16-28(17-11-25)46-42(55)33(58-2)22-24-8-6-5-7-9-24)38(51)45-27-14-12-26(13-15-27)40(53)47-31-20-18-29(34(49)36(31)59-3)41(54)48-32-21-19-30(43(56)57)35(50)37(32)60-4/h5-23,49-50H,1-4H3,(H,44,52)(H,45,51)(H,46,55)(H,47,53)(H,48,54)(H,56,57)/b33-22-/t23-/m0/s1. The lowest BCUT2D eigenvalue weighted by Crippen LogP contribution is -2.41. The Hall–Kier alpha value is -8.34. The lowest BCUT2D eigenvalue weighted by Gasteiger charge is -2.16. The first-order valence-electron chi connectivity index (χ1n) is 17.8. The van der Waals surface area contributed by atoms with Gasteiger partial charge in [0.25, 0.3) is 23.6 Å². The van der Waals surface area contributed by atoms with Gasteiger partial charge in [0, 0.05) is 22.5 Å². The van der Waals surface area contributed by atoms with Crippen LogP contribution in [0.4, 0.5) is 22.7 Å². The Morgan fingerprint density at radius 2 is 1.08 bits per heavy atom. The van der Waals surface area contributed by atoms with E-state index in [-0.39, 0.29) is 45.3 Å². The maximum Gasteiger partial charge on any atom is 0.339 e. The molecule has 0 heterocycles. The van der Waals surface area contributed by atoms with E-state index in [4.69, 9.17) is 14.2 Å². The zero-order valence-corrected chi connectivity index (χ0v) is 32.5. The van der Waals surface area contributed by atoms with Gasteiger partial charge >= 0.3 is 5.97 Å². The number of phenolic OH excluding ortho intramolecular Hbond substituents is 1. The lowest BCUT2D eigenvalue weighted by molar-refractivity contribution is -0.117. The van der Waals surface area contributed by atoms with E-state index in [0.29, 0.717) is 11.4 Å². The number of phenols is 2. The monoisotopic (exact) mass is 817 g/mol. The van der Waals surface area contributed by atoms with Gasteiger partial charge in [-0.3, -0.25) is 24.0 Å². The van der Waals surface area contributed by atoms with E-state index in [1.54, 1.807) is 6.08 Å². The Balaban J connectivity index is 1.15. The number of carboxylic acids is 1. The molecule has 0 saturated heterocycles. The molecule has 0 aliphatic carbocycles. The molecule has 0 saturated carbocycles. The molecule has 5 amide bonds. The molecule has 0 aliphatic rings. The molecule has 5 rings (SSSR count). The quantitative estimate of drug-likeness (QED) is 0.0468. The first-order valence-corrected chi connectivity index (χ1v) is 17.8. The molecule has 0 aliphatic heterocycles. The predicted octanol–water partition coefficient (Wildman–Crippen LogP) is 5.70. The highest BCUT2D eigenvalue weighted by Crippen LogP contribution is 2.40. The summed E-state index contributed by atoms with van der Waals surface area (Å²) in [5, 5.41) is 43.4. The topological polar surface area (TPSA) is 251 Å². The number of hydrogen-bond acceptors (Lipinski definition) is 11. The van der Waals surface area contributed by atoms with Gasteiger partial charge in [0.15, 0.2) is 28.8 Å². The van der Waals surface area contributed by atoms with Crippen molar-refractivity contribution < 1.29 is 58.3 Å². The number of carbonyl (C=O) groups is 6. The third kappa shape index (κ3) is 10.1. The average molecular weight is 818 g/mol. The van der Waals surface area contributed by atoms with Crippen LogP contribution in [0.15, 0.2) is 109 Å². The second kappa shape index (κ2) is 19.2. The highest BCUT2D eigenvalue weighted by Gasteiger charge is 2.24. The van der Waals surface area contributed by atoms with Crippen molar-refractivity contribution in [3.8, 4) is 23.0 Å². The van der Waals surface area contributed by atoms with Crippen molar-refractivity contribution >= 4 is 64.3 Å². The van der Waals surface area contributed by atoms with Crippen molar-refractivity contribution in [1.82, 2.24) is 5.32 Å². The fourth-order valence-electron chi connectivity index (χ4n) is 5.61. The van der Waals surface area contributed by atoms with Crippen LogP contribution in [-0.2, 0) is 14.3 Å². The number of carboxylic acid groups (broad SMARTS) is 1. The SMILES string of the molecule is CO/C(=C\c1ccccc1)C(=O)Nc1ccc(C(=O)N[C@@H](C)C(=O)Nc2ccc(C(=O)Nc3ccc(C(=O)Nc4ccc(C(=O)O)c(O)c4OC)c(O)c3OC)cc2)cc1. The van der Waals surface area contributed by atoms with Crippen molar-refractivity contribution in [3.05, 3.63) is 137 Å². The molecule has 0 radical (unpaired) electrons. The van der Waals surface area contributed by atoms with Crippen molar-refractivity contribution in [3.63, 3.8) is 0 Å². The summed E-state index contributed by atoms with van der Waals surface area (Å²) >= 11 is 0. The summed E-state index contributed by atoms with van der Waals surface area (Å²) in [5.41, 5.74) is 1.10. The van der Waals surface area contributed by atoms with Crippen molar-refractivity contribution in [2.75, 3.05) is 42.6 Å². The van der Waals surface area contributed by atoms with Crippen molar-refractivity contribution in [2.24, 2.45) is 0 Å². The zero-order valence-electron chi connectivity index (χ0n) is 32.5. The highest BCUT2D eigenvalue weighted by atomic mass is 16.5. The van der Waals surface area contributed by atoms with Gasteiger partial charge in [-0.1, -0.05) is 30.3 Å². The number of aromatic carboxylic acids is 1. The van der Waals surface area contributed by atoms with Crippen LogP contribution < -0.4 is 36.1 Å². The van der Waals surface area contributed by atoms with Crippen LogP contribution in [0.2, 0.25) is 0 Å². The van der Waals surface area contributed by atoms with E-state index < -0.39 is 58.6 Å². The number of benzene rings is 5. The van der Waals surface area contributed by atoms with Gasteiger partial charge in [0.1, 0.15) is 11.6 Å². The summed E-state index contributed by atoms with van der Waals surface area (Å²) in [5.74, 6) is -6.30. The van der Waals surface area contributed by atoms with Crippen molar-refractivity contribution in [1.29, 1.82) is 0 Å². The number of amides is 5. The Morgan fingerprint density at radius 1 is 0.583 bits per heavy atom. The van der Waals surface area contributed by atoms with E-state index in [2.05, 4.69) is 26.6 Å². The minimum Gasteiger partial charge on any atom is -0.504 e. The lowest BCUT2D eigenvalue weighted by atomic mass is 10.1. The van der Waals surface area contributed by atoms with Crippen LogP contribution in [0.5, 0.6) is 23.0 Å². The molecule has 0 spiro atoms. The summed E-state index contributed by atoms with van der Waals surface area (Å²) in [6, 6.07) is 24.8. The Labute approximate surface area is 342 Å². The predicted molar refractivity (Wildman–Crippen MR) is 221 cm³/mol. The maximum atomic E-state index is 13.1. The van der Waals surface area contributed by atoms with Crippen LogP contribution >= 0.6 is 0 Å². The van der Waals surface area contributed by atoms with Gasteiger partial charge < -0.3 is 56.1 Å². The Kier molecular flexibility index (Phi) is 13.7. The summed E-state index contributed by atoms with van der Waals surface area (Å²) in [6.45, 7) is 1.49. The highest BCUT2D eigenvalue weighted by molar-refractivity contribution is 6.10. The number of ether oxygens (including phenoxy) is 3. The third-order valence-corrected chi connectivity index (χ3v) is 8.74. The number of hydrogen-bond donors (Lipinski definition) is 8. The Morgan fingerprint density at radius 3 is 1.62 bits per heavy atom. The van der Waals surface area contributed by atoms with E-state index in [1.807, 2.05) is 30.3 Å². The van der Waals surface area contributed by atoms with E-state index in [9.17, 15) is 44.1 Å².